The van der Waals surface area contributed by atoms with E-state index in [0.717, 1.165) is 6.07 Å². The van der Waals surface area contributed by atoms with E-state index >= 15 is 0 Å². The van der Waals surface area contributed by atoms with Crippen molar-refractivity contribution >= 4 is 17.0 Å². The number of benzene rings is 1. The van der Waals surface area contributed by atoms with Gasteiger partial charge in [-0.2, -0.15) is 5.10 Å². The van der Waals surface area contributed by atoms with E-state index in [-0.39, 0.29) is 0 Å². The predicted octanol–water partition coefficient (Wildman–Crippen LogP) is 1.79. The van der Waals surface area contributed by atoms with E-state index in [0.29, 0.717) is 22.6 Å². The molecule has 3 rings (SSSR count). The van der Waals surface area contributed by atoms with E-state index in [1.165, 1.54) is 6.07 Å². The lowest BCUT2D eigenvalue weighted by molar-refractivity contribution is 0.0692. The molecule has 0 amide bonds. The standard InChI is InChI=1S/C11H7FN4O2/c12-6-4-9-8(3-5(6)11(17)18)14-10(15-9)7-1-2-13-16-7/h1-4H,(H,13,16)(H,14,15)(H,17,18). The van der Waals surface area contributed by atoms with Crippen LogP contribution in [-0.2, 0) is 0 Å². The maximum absolute atomic E-state index is 13.5. The zero-order valence-electron chi connectivity index (χ0n) is 8.94. The van der Waals surface area contributed by atoms with Gasteiger partial charge >= 0.3 is 5.97 Å². The smallest absolute Gasteiger partial charge is 0.338 e. The van der Waals surface area contributed by atoms with Gasteiger partial charge in [0.25, 0.3) is 0 Å². The summed E-state index contributed by atoms with van der Waals surface area (Å²) in [6.07, 6.45) is 1.56. The second-order valence-electron chi connectivity index (χ2n) is 3.71. The Balaban J connectivity index is 2.21. The normalized spacial score (nSPS) is 10.9. The Labute approximate surface area is 99.5 Å². The molecule has 6 nitrogen and oxygen atoms in total. The highest BCUT2D eigenvalue weighted by Crippen LogP contribution is 2.21. The van der Waals surface area contributed by atoms with Crippen molar-refractivity contribution in [1.82, 2.24) is 20.2 Å². The van der Waals surface area contributed by atoms with Gasteiger partial charge in [0.2, 0.25) is 0 Å². The SMILES string of the molecule is O=C(O)c1cc2nc(-c3ccn[nH]3)[nH]c2cc1F. The summed E-state index contributed by atoms with van der Waals surface area (Å²) in [6, 6.07) is 4.02. The first-order valence-corrected chi connectivity index (χ1v) is 5.07. The summed E-state index contributed by atoms with van der Waals surface area (Å²) in [5.74, 6) is -1.64. The van der Waals surface area contributed by atoms with Crippen LogP contribution in [0.5, 0.6) is 0 Å². The van der Waals surface area contributed by atoms with E-state index in [2.05, 4.69) is 20.2 Å². The van der Waals surface area contributed by atoms with Crippen molar-refractivity contribution in [2.45, 2.75) is 0 Å². The summed E-state index contributed by atoms with van der Waals surface area (Å²) in [6.45, 7) is 0. The van der Waals surface area contributed by atoms with E-state index in [9.17, 15) is 9.18 Å². The minimum absolute atomic E-state index is 0.387. The molecule has 0 atom stereocenters. The Morgan fingerprint density at radius 1 is 1.39 bits per heavy atom. The van der Waals surface area contributed by atoms with Crippen molar-refractivity contribution in [3.8, 4) is 11.5 Å². The average molecular weight is 246 g/mol. The highest BCUT2D eigenvalue weighted by Gasteiger charge is 2.14. The molecular weight excluding hydrogens is 239 g/mol. The number of imidazole rings is 1. The minimum atomic E-state index is -1.32. The number of H-pyrrole nitrogens is 2. The maximum atomic E-state index is 13.5. The molecule has 2 heterocycles. The number of carboxylic acid groups (broad SMARTS) is 1. The van der Waals surface area contributed by atoms with Gasteiger partial charge < -0.3 is 10.1 Å². The van der Waals surface area contributed by atoms with Crippen LogP contribution in [0.3, 0.4) is 0 Å². The molecule has 3 aromatic rings. The molecule has 0 aliphatic rings. The quantitative estimate of drug-likeness (QED) is 0.642. The number of aromatic nitrogens is 4. The van der Waals surface area contributed by atoms with Crippen LogP contribution >= 0.6 is 0 Å². The number of nitrogens with one attached hydrogen (secondary N) is 2. The van der Waals surface area contributed by atoms with Crippen LogP contribution in [-0.4, -0.2) is 31.2 Å². The molecular formula is C11H7FN4O2. The molecule has 90 valence electrons. The van der Waals surface area contributed by atoms with Crippen molar-refractivity contribution in [1.29, 1.82) is 0 Å². The fraction of sp³-hybridized carbons (Fsp3) is 0. The molecule has 18 heavy (non-hydrogen) atoms. The summed E-state index contributed by atoms with van der Waals surface area (Å²) in [7, 11) is 0. The van der Waals surface area contributed by atoms with Gasteiger partial charge in [0, 0.05) is 12.3 Å². The zero-order chi connectivity index (χ0) is 12.7. The van der Waals surface area contributed by atoms with Crippen molar-refractivity contribution in [3.05, 3.63) is 35.8 Å². The fourth-order valence-electron chi connectivity index (χ4n) is 1.71. The Bertz CT molecular complexity index is 733. The van der Waals surface area contributed by atoms with Crippen LogP contribution in [0.25, 0.3) is 22.6 Å². The van der Waals surface area contributed by atoms with E-state index in [1.54, 1.807) is 12.3 Å². The third-order valence-electron chi connectivity index (χ3n) is 2.56. The number of carbonyl (C=O) groups is 1. The van der Waals surface area contributed by atoms with Crippen molar-refractivity contribution in [2.75, 3.05) is 0 Å². The Kier molecular flexibility index (Phi) is 2.12. The van der Waals surface area contributed by atoms with E-state index in [4.69, 9.17) is 5.11 Å². The largest absolute Gasteiger partial charge is 0.478 e. The molecule has 0 bridgehead atoms. The number of hydrogen-bond donors (Lipinski definition) is 3. The Hall–Kier alpha value is -2.70. The summed E-state index contributed by atoms with van der Waals surface area (Å²) >= 11 is 0. The van der Waals surface area contributed by atoms with Gasteiger partial charge in [-0.1, -0.05) is 0 Å². The van der Waals surface area contributed by atoms with Crippen molar-refractivity contribution < 1.29 is 14.3 Å². The molecule has 0 radical (unpaired) electrons. The number of aromatic carboxylic acids is 1. The number of halogens is 1. The lowest BCUT2D eigenvalue weighted by Crippen LogP contribution is -1.99. The molecule has 0 saturated heterocycles. The second-order valence-corrected chi connectivity index (χ2v) is 3.71. The first-order chi connectivity index (χ1) is 8.65. The van der Waals surface area contributed by atoms with Gasteiger partial charge in [-0.3, -0.25) is 5.10 Å². The molecule has 0 unspecified atom stereocenters. The van der Waals surface area contributed by atoms with Crippen LogP contribution in [0.15, 0.2) is 24.4 Å². The molecule has 3 N–H and O–H groups in total. The van der Waals surface area contributed by atoms with Gasteiger partial charge in [-0.05, 0) is 12.1 Å². The number of carboxylic acids is 1. The van der Waals surface area contributed by atoms with Gasteiger partial charge in [0.15, 0.2) is 5.82 Å². The lowest BCUT2D eigenvalue weighted by Gasteiger charge is -1.95. The summed E-state index contributed by atoms with van der Waals surface area (Å²) < 4.78 is 13.5. The Morgan fingerprint density at radius 2 is 2.22 bits per heavy atom. The highest BCUT2D eigenvalue weighted by molar-refractivity contribution is 5.93. The fourth-order valence-corrected chi connectivity index (χ4v) is 1.71. The third kappa shape index (κ3) is 1.53. The van der Waals surface area contributed by atoms with Crippen LogP contribution < -0.4 is 0 Å². The topological polar surface area (TPSA) is 94.7 Å². The molecule has 0 saturated carbocycles. The molecule has 1 aromatic carbocycles. The summed E-state index contributed by atoms with van der Waals surface area (Å²) in [5, 5.41) is 15.3. The molecule has 2 aromatic heterocycles. The lowest BCUT2D eigenvalue weighted by atomic mass is 10.2. The molecule has 0 spiro atoms. The van der Waals surface area contributed by atoms with E-state index in [1.807, 2.05) is 0 Å². The molecule has 0 aliphatic heterocycles. The van der Waals surface area contributed by atoms with Crippen LogP contribution in [0.4, 0.5) is 4.39 Å². The first kappa shape index (κ1) is 10.5. The molecule has 0 aliphatic carbocycles. The van der Waals surface area contributed by atoms with Gasteiger partial charge in [-0.15, -0.1) is 0 Å². The monoisotopic (exact) mass is 246 g/mol. The second kappa shape index (κ2) is 3.66. The first-order valence-electron chi connectivity index (χ1n) is 5.07. The number of hydrogen-bond acceptors (Lipinski definition) is 3. The van der Waals surface area contributed by atoms with Crippen molar-refractivity contribution in [3.63, 3.8) is 0 Å². The van der Waals surface area contributed by atoms with Crippen LogP contribution in [0.1, 0.15) is 10.4 Å². The number of fused-ring (bicyclic) bond motifs is 1. The van der Waals surface area contributed by atoms with Crippen LogP contribution in [0, 0.1) is 5.82 Å². The summed E-state index contributed by atoms with van der Waals surface area (Å²) in [5.41, 5.74) is 1.06. The third-order valence-corrected chi connectivity index (χ3v) is 2.56. The highest BCUT2D eigenvalue weighted by atomic mass is 19.1. The number of rotatable bonds is 2. The van der Waals surface area contributed by atoms with E-state index < -0.39 is 17.3 Å². The van der Waals surface area contributed by atoms with Gasteiger partial charge in [-0.25, -0.2) is 14.2 Å². The Morgan fingerprint density at radius 3 is 2.89 bits per heavy atom. The van der Waals surface area contributed by atoms with Crippen molar-refractivity contribution in [2.24, 2.45) is 0 Å². The maximum Gasteiger partial charge on any atom is 0.338 e. The zero-order valence-corrected chi connectivity index (χ0v) is 8.94. The minimum Gasteiger partial charge on any atom is -0.478 e. The number of nitrogens with zero attached hydrogens (tertiary/aromatic N) is 2. The van der Waals surface area contributed by atoms with Gasteiger partial charge in [0.1, 0.15) is 11.5 Å². The molecule has 7 heteroatoms. The van der Waals surface area contributed by atoms with Gasteiger partial charge in [0.05, 0.1) is 16.6 Å². The summed E-state index contributed by atoms with van der Waals surface area (Å²) in [4.78, 5) is 17.9. The molecule has 0 fully saturated rings. The predicted molar refractivity (Wildman–Crippen MR) is 60.6 cm³/mol. The average Bonchev–Trinajstić information content (AvgIpc) is 2.95. The number of aromatic amines is 2. The van der Waals surface area contributed by atoms with Crippen LogP contribution in [0.2, 0.25) is 0 Å².